The molecule has 0 fully saturated rings. The van der Waals surface area contributed by atoms with Crippen molar-refractivity contribution in [2.45, 2.75) is 25.0 Å². The van der Waals surface area contributed by atoms with Gasteiger partial charge in [-0.1, -0.05) is 13.3 Å². The van der Waals surface area contributed by atoms with Crippen LogP contribution in [0.4, 0.5) is 0 Å². The van der Waals surface area contributed by atoms with Gasteiger partial charge in [0.25, 0.3) is 10.1 Å². The van der Waals surface area contributed by atoms with E-state index in [2.05, 4.69) is 5.32 Å². The second-order valence-corrected chi connectivity index (χ2v) is 4.63. The normalized spacial score (nSPS) is 14.4. The van der Waals surface area contributed by atoms with Crippen molar-refractivity contribution in [2.24, 2.45) is 5.73 Å². The van der Waals surface area contributed by atoms with Crippen LogP contribution >= 0.6 is 0 Å². The van der Waals surface area contributed by atoms with Crippen LogP contribution in [0.5, 0.6) is 0 Å². The lowest BCUT2D eigenvalue weighted by molar-refractivity contribution is 0.461. The Kier molecular flexibility index (Phi) is 6.23. The Hall–Kier alpha value is -0.170. The first-order valence-corrected chi connectivity index (χ1v) is 5.89. The maximum absolute atomic E-state index is 10.7. The molecule has 0 heterocycles. The molecule has 0 rings (SSSR count). The maximum atomic E-state index is 10.7. The van der Waals surface area contributed by atoms with Crippen molar-refractivity contribution >= 4 is 10.1 Å². The third-order valence-electron chi connectivity index (χ3n) is 1.76. The topological polar surface area (TPSA) is 92.4 Å². The molecule has 0 aromatic rings. The van der Waals surface area contributed by atoms with E-state index in [0.29, 0.717) is 0 Å². The van der Waals surface area contributed by atoms with Crippen LogP contribution in [0.1, 0.15) is 19.8 Å². The Bertz CT molecular complexity index is 216. The van der Waals surface area contributed by atoms with Gasteiger partial charge in [0.1, 0.15) is 5.25 Å². The minimum absolute atomic E-state index is 0.0576. The predicted molar refractivity (Wildman–Crippen MR) is 52.2 cm³/mol. The van der Waals surface area contributed by atoms with Crippen molar-refractivity contribution in [1.29, 1.82) is 0 Å². The highest BCUT2D eigenvalue weighted by Crippen LogP contribution is 1.94. The third-order valence-corrected chi connectivity index (χ3v) is 2.96. The molecule has 0 saturated heterocycles. The van der Waals surface area contributed by atoms with Crippen LogP contribution < -0.4 is 11.1 Å². The molecule has 0 saturated carbocycles. The van der Waals surface area contributed by atoms with Gasteiger partial charge in [-0.2, -0.15) is 8.42 Å². The Morgan fingerprint density at radius 3 is 2.54 bits per heavy atom. The van der Waals surface area contributed by atoms with Crippen molar-refractivity contribution in [1.82, 2.24) is 5.32 Å². The lowest BCUT2D eigenvalue weighted by atomic mass is 10.3. The standard InChI is InChI=1S/C7H18N2O3S/c1-2-3-4-9-6-7(5-8)13(10,11)12/h7,9H,2-6,8H2,1H3,(H,10,11,12). The zero-order valence-electron chi connectivity index (χ0n) is 7.86. The summed E-state index contributed by atoms with van der Waals surface area (Å²) in [6, 6.07) is 0. The van der Waals surface area contributed by atoms with Gasteiger partial charge in [-0.3, -0.25) is 4.55 Å². The third kappa shape index (κ3) is 5.98. The van der Waals surface area contributed by atoms with E-state index in [9.17, 15) is 8.42 Å². The fourth-order valence-corrected chi connectivity index (χ4v) is 1.45. The number of hydrogen-bond acceptors (Lipinski definition) is 4. The first-order valence-electron chi connectivity index (χ1n) is 4.39. The lowest BCUT2D eigenvalue weighted by Gasteiger charge is -2.11. The molecule has 1 unspecified atom stereocenters. The van der Waals surface area contributed by atoms with Crippen molar-refractivity contribution in [3.8, 4) is 0 Å². The van der Waals surface area contributed by atoms with E-state index in [4.69, 9.17) is 10.3 Å². The summed E-state index contributed by atoms with van der Waals surface area (Å²) in [6.07, 6.45) is 2.04. The molecule has 0 radical (unpaired) electrons. The highest BCUT2D eigenvalue weighted by molar-refractivity contribution is 7.86. The van der Waals surface area contributed by atoms with Gasteiger partial charge in [0.05, 0.1) is 0 Å². The molecule has 0 aromatic carbocycles. The number of rotatable bonds is 7. The van der Waals surface area contributed by atoms with E-state index < -0.39 is 15.4 Å². The van der Waals surface area contributed by atoms with E-state index in [0.717, 1.165) is 19.4 Å². The van der Waals surface area contributed by atoms with Gasteiger partial charge in [-0.15, -0.1) is 0 Å². The summed E-state index contributed by atoms with van der Waals surface area (Å²) in [6.45, 7) is 2.96. The fraction of sp³-hybridized carbons (Fsp3) is 1.00. The minimum Gasteiger partial charge on any atom is -0.329 e. The van der Waals surface area contributed by atoms with Gasteiger partial charge in [-0.25, -0.2) is 0 Å². The lowest BCUT2D eigenvalue weighted by Crippen LogP contribution is -2.39. The van der Waals surface area contributed by atoms with Gasteiger partial charge in [0, 0.05) is 13.1 Å². The summed E-state index contributed by atoms with van der Waals surface area (Å²) < 4.78 is 30.0. The molecule has 0 aliphatic rings. The van der Waals surface area contributed by atoms with Crippen molar-refractivity contribution in [3.63, 3.8) is 0 Å². The van der Waals surface area contributed by atoms with Crippen LogP contribution in [0.3, 0.4) is 0 Å². The summed E-state index contributed by atoms with van der Waals surface area (Å²) in [5.74, 6) is 0. The first kappa shape index (κ1) is 12.8. The monoisotopic (exact) mass is 210 g/mol. The number of hydrogen-bond donors (Lipinski definition) is 3. The van der Waals surface area contributed by atoms with E-state index >= 15 is 0 Å². The smallest absolute Gasteiger partial charge is 0.270 e. The van der Waals surface area contributed by atoms with Crippen LogP contribution in [0.15, 0.2) is 0 Å². The van der Waals surface area contributed by atoms with Gasteiger partial charge >= 0.3 is 0 Å². The van der Waals surface area contributed by atoms with E-state index in [1.54, 1.807) is 0 Å². The Morgan fingerprint density at radius 1 is 1.54 bits per heavy atom. The molecule has 0 amide bonds. The molecule has 4 N–H and O–H groups in total. The van der Waals surface area contributed by atoms with Crippen LogP contribution in [0.2, 0.25) is 0 Å². The molecule has 80 valence electrons. The molecule has 13 heavy (non-hydrogen) atoms. The average Bonchev–Trinajstić information content (AvgIpc) is 2.02. The van der Waals surface area contributed by atoms with Crippen LogP contribution in [0, 0.1) is 0 Å². The molecule has 0 bridgehead atoms. The second-order valence-electron chi connectivity index (χ2n) is 2.93. The Morgan fingerprint density at radius 2 is 2.15 bits per heavy atom. The zero-order chi connectivity index (χ0) is 10.3. The highest BCUT2D eigenvalue weighted by Gasteiger charge is 2.20. The zero-order valence-corrected chi connectivity index (χ0v) is 8.68. The first-order chi connectivity index (χ1) is 6.02. The summed E-state index contributed by atoms with van der Waals surface area (Å²) in [5.41, 5.74) is 5.19. The van der Waals surface area contributed by atoms with Gasteiger partial charge in [0.15, 0.2) is 0 Å². The average molecular weight is 210 g/mol. The molecule has 5 nitrogen and oxygen atoms in total. The molecule has 0 spiro atoms. The summed E-state index contributed by atoms with van der Waals surface area (Å²) in [4.78, 5) is 0. The largest absolute Gasteiger partial charge is 0.329 e. The summed E-state index contributed by atoms with van der Waals surface area (Å²) >= 11 is 0. The van der Waals surface area contributed by atoms with E-state index in [1.165, 1.54) is 0 Å². The fourth-order valence-electron chi connectivity index (χ4n) is 0.875. The van der Waals surface area contributed by atoms with Gasteiger partial charge in [-0.05, 0) is 13.0 Å². The van der Waals surface area contributed by atoms with Crippen LogP contribution in [-0.2, 0) is 10.1 Å². The van der Waals surface area contributed by atoms with E-state index in [1.807, 2.05) is 6.92 Å². The minimum atomic E-state index is -3.99. The molecular weight excluding hydrogens is 192 g/mol. The van der Waals surface area contributed by atoms with Crippen LogP contribution in [0.25, 0.3) is 0 Å². The Balaban J connectivity index is 3.74. The van der Waals surface area contributed by atoms with Crippen molar-refractivity contribution in [2.75, 3.05) is 19.6 Å². The van der Waals surface area contributed by atoms with Crippen molar-refractivity contribution in [3.05, 3.63) is 0 Å². The van der Waals surface area contributed by atoms with E-state index in [-0.39, 0.29) is 13.1 Å². The molecule has 0 aliphatic carbocycles. The number of nitrogens with two attached hydrogens (primary N) is 1. The number of nitrogens with one attached hydrogen (secondary N) is 1. The maximum Gasteiger partial charge on any atom is 0.270 e. The van der Waals surface area contributed by atoms with Gasteiger partial charge in [0.2, 0.25) is 0 Å². The predicted octanol–water partition coefficient (Wildman–Crippen LogP) is -0.409. The highest BCUT2D eigenvalue weighted by atomic mass is 32.2. The molecule has 0 aromatic heterocycles. The van der Waals surface area contributed by atoms with Gasteiger partial charge < -0.3 is 11.1 Å². The number of unbranched alkanes of at least 4 members (excludes halogenated alkanes) is 1. The molecule has 6 heteroatoms. The Labute approximate surface area is 79.4 Å². The molecule has 1 atom stereocenters. The SMILES string of the molecule is CCCCNCC(CN)S(=O)(=O)O. The molecular formula is C7H18N2O3S. The van der Waals surface area contributed by atoms with Crippen molar-refractivity contribution < 1.29 is 13.0 Å². The molecule has 0 aliphatic heterocycles. The summed E-state index contributed by atoms with van der Waals surface area (Å²) in [5, 5.41) is 2.04. The van der Waals surface area contributed by atoms with Crippen LogP contribution in [-0.4, -0.2) is 37.9 Å². The quantitative estimate of drug-likeness (QED) is 0.392. The second kappa shape index (κ2) is 6.31. The summed E-state index contributed by atoms with van der Waals surface area (Å²) in [7, 11) is -3.99.